The minimum Gasteiger partial charge on any atom is -0.322 e. The van der Waals surface area contributed by atoms with E-state index in [1.165, 1.54) is 36.4 Å². The molecule has 0 aliphatic heterocycles. The summed E-state index contributed by atoms with van der Waals surface area (Å²) in [4.78, 5) is 22.5. The number of hydrogen-bond donors (Lipinski definition) is 1. The molecule has 0 radical (unpaired) electrons. The van der Waals surface area contributed by atoms with Gasteiger partial charge in [0.1, 0.15) is 5.56 Å². The van der Waals surface area contributed by atoms with Gasteiger partial charge in [0, 0.05) is 23.0 Å². The van der Waals surface area contributed by atoms with Gasteiger partial charge in [-0.15, -0.1) is 0 Å². The molecule has 0 spiro atoms. The average Bonchev–Trinajstić information content (AvgIpc) is 2.46. The number of benzene rings is 2. The van der Waals surface area contributed by atoms with Gasteiger partial charge < -0.3 is 5.32 Å². The Hall–Kier alpha value is -2.45. The summed E-state index contributed by atoms with van der Waals surface area (Å²) < 4.78 is 23.0. The lowest BCUT2D eigenvalue weighted by Crippen LogP contribution is -2.14. The second-order valence-corrected chi connectivity index (χ2v) is 7.12. The molecule has 0 fully saturated rings. The summed E-state index contributed by atoms with van der Waals surface area (Å²) in [7, 11) is -3.43. The van der Waals surface area contributed by atoms with Crippen LogP contribution >= 0.6 is 11.6 Å². The van der Waals surface area contributed by atoms with E-state index < -0.39 is 26.4 Å². The van der Waals surface area contributed by atoms with Crippen molar-refractivity contribution < 1.29 is 18.1 Å². The quantitative estimate of drug-likeness (QED) is 0.671. The molecule has 120 valence electrons. The number of nitro groups is 1. The molecule has 0 aromatic heterocycles. The highest BCUT2D eigenvalue weighted by molar-refractivity contribution is 7.90. The van der Waals surface area contributed by atoms with E-state index in [1.54, 1.807) is 0 Å². The summed E-state index contributed by atoms with van der Waals surface area (Å²) in [5.41, 5.74) is -0.411. The lowest BCUT2D eigenvalue weighted by Gasteiger charge is -2.07. The normalized spacial score (nSPS) is 11.0. The largest absolute Gasteiger partial charge is 0.322 e. The van der Waals surface area contributed by atoms with Crippen LogP contribution in [0.4, 0.5) is 11.4 Å². The zero-order valence-corrected chi connectivity index (χ0v) is 13.4. The molecule has 2 aromatic carbocycles. The smallest absolute Gasteiger partial charge is 0.282 e. The van der Waals surface area contributed by atoms with Gasteiger partial charge in [0.05, 0.1) is 9.82 Å². The van der Waals surface area contributed by atoms with Crippen LogP contribution in [0, 0.1) is 10.1 Å². The number of nitro benzene ring substituents is 1. The van der Waals surface area contributed by atoms with E-state index in [1.807, 2.05) is 0 Å². The minimum atomic E-state index is -3.43. The van der Waals surface area contributed by atoms with Gasteiger partial charge in [-0.3, -0.25) is 14.9 Å². The summed E-state index contributed by atoms with van der Waals surface area (Å²) in [6, 6.07) is 9.19. The van der Waals surface area contributed by atoms with Crippen LogP contribution in [0.3, 0.4) is 0 Å². The van der Waals surface area contributed by atoms with E-state index >= 15 is 0 Å². The number of rotatable bonds is 4. The van der Waals surface area contributed by atoms with Gasteiger partial charge in [-0.1, -0.05) is 17.7 Å². The Bertz CT molecular complexity index is 896. The molecule has 1 N–H and O–H groups in total. The lowest BCUT2D eigenvalue weighted by atomic mass is 10.1. The van der Waals surface area contributed by atoms with Gasteiger partial charge >= 0.3 is 0 Å². The first-order chi connectivity index (χ1) is 10.7. The summed E-state index contributed by atoms with van der Waals surface area (Å²) in [5, 5.41) is 13.6. The molecular weight excluding hydrogens is 344 g/mol. The Balaban J connectivity index is 2.37. The number of halogens is 1. The molecule has 0 saturated heterocycles. The molecule has 1 amide bonds. The number of amides is 1. The number of nitrogens with zero attached hydrogens (tertiary/aromatic N) is 1. The van der Waals surface area contributed by atoms with Crippen molar-refractivity contribution in [1.29, 1.82) is 0 Å². The highest BCUT2D eigenvalue weighted by Gasteiger charge is 2.21. The van der Waals surface area contributed by atoms with Crippen LogP contribution in [-0.4, -0.2) is 25.5 Å². The molecule has 0 heterocycles. The van der Waals surface area contributed by atoms with Crippen molar-refractivity contribution in [3.8, 4) is 0 Å². The number of nitrogens with one attached hydrogen (secondary N) is 1. The van der Waals surface area contributed by atoms with Crippen LogP contribution in [-0.2, 0) is 9.84 Å². The zero-order chi connectivity index (χ0) is 17.2. The first kappa shape index (κ1) is 16.9. The summed E-state index contributed by atoms with van der Waals surface area (Å²) in [6.45, 7) is 0. The van der Waals surface area contributed by atoms with Crippen LogP contribution in [0.15, 0.2) is 47.4 Å². The molecule has 2 aromatic rings. The second-order valence-electron chi connectivity index (χ2n) is 4.67. The number of anilines is 1. The van der Waals surface area contributed by atoms with E-state index in [2.05, 4.69) is 5.32 Å². The summed E-state index contributed by atoms with van der Waals surface area (Å²) >= 11 is 5.77. The molecule has 9 heteroatoms. The molecule has 0 bridgehead atoms. The van der Waals surface area contributed by atoms with Crippen LogP contribution in [0.25, 0.3) is 0 Å². The van der Waals surface area contributed by atoms with Crippen LogP contribution < -0.4 is 5.32 Å². The Morgan fingerprint density at radius 3 is 2.52 bits per heavy atom. The number of sulfone groups is 1. The molecule has 2 rings (SSSR count). The Morgan fingerprint density at radius 2 is 1.91 bits per heavy atom. The van der Waals surface area contributed by atoms with Gasteiger partial charge in [-0.05, 0) is 30.3 Å². The van der Waals surface area contributed by atoms with E-state index in [-0.39, 0.29) is 21.2 Å². The number of hydrogen-bond acceptors (Lipinski definition) is 5. The maximum atomic E-state index is 12.2. The summed E-state index contributed by atoms with van der Waals surface area (Å²) in [5.74, 6) is -0.759. The molecule has 0 aliphatic carbocycles. The Labute approximate surface area is 137 Å². The number of carbonyl (C=O) groups excluding carboxylic acids is 1. The maximum Gasteiger partial charge on any atom is 0.282 e. The monoisotopic (exact) mass is 354 g/mol. The van der Waals surface area contributed by atoms with Crippen molar-refractivity contribution in [3.63, 3.8) is 0 Å². The van der Waals surface area contributed by atoms with Gasteiger partial charge in [-0.2, -0.15) is 0 Å². The standard InChI is InChI=1S/C14H11ClN2O5S/c1-23(21,22)11-4-2-3-10(8-11)16-14(18)12-7-9(15)5-6-13(12)17(19)20/h2-8H,1H3,(H,16,18). The zero-order valence-electron chi connectivity index (χ0n) is 11.8. The van der Waals surface area contributed by atoms with Crippen LogP contribution in [0.1, 0.15) is 10.4 Å². The topological polar surface area (TPSA) is 106 Å². The fraction of sp³-hybridized carbons (Fsp3) is 0.0714. The molecular formula is C14H11ClN2O5S. The van der Waals surface area contributed by atoms with E-state index in [9.17, 15) is 23.3 Å². The Kier molecular flexibility index (Phi) is 4.67. The van der Waals surface area contributed by atoms with Crippen molar-refractivity contribution >= 4 is 38.7 Å². The molecule has 0 unspecified atom stereocenters. The molecule has 0 saturated carbocycles. The fourth-order valence-electron chi connectivity index (χ4n) is 1.85. The van der Waals surface area contributed by atoms with Crippen molar-refractivity contribution in [1.82, 2.24) is 0 Å². The fourth-order valence-corrected chi connectivity index (χ4v) is 2.69. The van der Waals surface area contributed by atoms with Crippen LogP contribution in [0.2, 0.25) is 5.02 Å². The van der Waals surface area contributed by atoms with Crippen molar-refractivity contribution in [2.75, 3.05) is 11.6 Å². The first-order valence-electron chi connectivity index (χ1n) is 6.24. The SMILES string of the molecule is CS(=O)(=O)c1cccc(NC(=O)c2cc(Cl)ccc2[N+](=O)[O-])c1. The minimum absolute atomic E-state index is 0.0240. The van der Waals surface area contributed by atoms with Crippen molar-refractivity contribution in [3.05, 3.63) is 63.2 Å². The van der Waals surface area contributed by atoms with Gasteiger partial charge in [0.2, 0.25) is 0 Å². The predicted molar refractivity (Wildman–Crippen MR) is 85.6 cm³/mol. The van der Waals surface area contributed by atoms with Crippen molar-refractivity contribution in [2.24, 2.45) is 0 Å². The van der Waals surface area contributed by atoms with Crippen molar-refractivity contribution in [2.45, 2.75) is 4.90 Å². The molecule has 7 nitrogen and oxygen atoms in total. The Morgan fingerprint density at radius 1 is 1.22 bits per heavy atom. The van der Waals surface area contributed by atoms with E-state index in [0.717, 1.165) is 12.3 Å². The molecule has 23 heavy (non-hydrogen) atoms. The lowest BCUT2D eigenvalue weighted by molar-refractivity contribution is -0.385. The highest BCUT2D eigenvalue weighted by atomic mass is 35.5. The van der Waals surface area contributed by atoms with Crippen LogP contribution in [0.5, 0.6) is 0 Å². The molecule has 0 atom stereocenters. The average molecular weight is 355 g/mol. The summed E-state index contributed by atoms with van der Waals surface area (Å²) in [6.07, 6.45) is 1.04. The van der Waals surface area contributed by atoms with E-state index in [0.29, 0.717) is 0 Å². The first-order valence-corrected chi connectivity index (χ1v) is 8.51. The van der Waals surface area contributed by atoms with Gasteiger partial charge in [-0.25, -0.2) is 8.42 Å². The van der Waals surface area contributed by atoms with Gasteiger partial charge in [0.25, 0.3) is 11.6 Å². The third kappa shape index (κ3) is 4.05. The highest BCUT2D eigenvalue weighted by Crippen LogP contribution is 2.24. The maximum absolute atomic E-state index is 12.2. The van der Waals surface area contributed by atoms with Gasteiger partial charge in [0.15, 0.2) is 9.84 Å². The predicted octanol–water partition coefficient (Wildman–Crippen LogP) is 2.90. The van der Waals surface area contributed by atoms with E-state index in [4.69, 9.17) is 11.6 Å². The third-order valence-electron chi connectivity index (χ3n) is 2.92. The second kappa shape index (κ2) is 6.35. The third-order valence-corrected chi connectivity index (χ3v) is 4.27. The molecule has 0 aliphatic rings. The number of carbonyl (C=O) groups is 1.